The maximum Gasteiger partial charge on any atom is 0.336 e. The molecule has 5 rings (SSSR count). The van der Waals surface area contributed by atoms with Crippen molar-refractivity contribution in [3.63, 3.8) is 0 Å². The zero-order valence-corrected chi connectivity index (χ0v) is 12.6. The molecule has 1 aromatic carbocycles. The zero-order chi connectivity index (χ0) is 14.6. The minimum atomic E-state index is -0.792. The second-order valence-electron chi connectivity index (χ2n) is 6.95. The van der Waals surface area contributed by atoms with Gasteiger partial charge in [-0.3, -0.25) is 0 Å². The van der Waals surface area contributed by atoms with E-state index in [0.717, 1.165) is 17.4 Å². The van der Waals surface area contributed by atoms with Crippen LogP contribution in [0.25, 0.3) is 5.57 Å². The highest BCUT2D eigenvalue weighted by atomic mass is 35.5. The molecule has 21 heavy (non-hydrogen) atoms. The molecule has 4 fully saturated rings. The number of hydrogen-bond acceptors (Lipinski definition) is 1. The summed E-state index contributed by atoms with van der Waals surface area (Å²) in [5.41, 5.74) is 2.53. The lowest BCUT2D eigenvalue weighted by molar-refractivity contribution is -0.130. The number of hydrogen-bond donors (Lipinski definition) is 1. The molecule has 0 aromatic heterocycles. The number of carboxylic acid groups (broad SMARTS) is 1. The maximum absolute atomic E-state index is 11.9. The van der Waals surface area contributed by atoms with Crippen LogP contribution in [0, 0.1) is 23.7 Å². The molecule has 0 unspecified atom stereocenters. The summed E-state index contributed by atoms with van der Waals surface area (Å²) in [5.74, 6) is 1.87. The van der Waals surface area contributed by atoms with Crippen LogP contribution in [0.5, 0.6) is 0 Å². The molecule has 2 nitrogen and oxygen atoms in total. The quantitative estimate of drug-likeness (QED) is 0.808. The van der Waals surface area contributed by atoms with Crippen molar-refractivity contribution in [1.29, 1.82) is 0 Å². The smallest absolute Gasteiger partial charge is 0.336 e. The van der Waals surface area contributed by atoms with Gasteiger partial charge < -0.3 is 5.11 Å². The van der Waals surface area contributed by atoms with Gasteiger partial charge in [0, 0.05) is 5.02 Å². The molecule has 3 heteroatoms. The number of carboxylic acids is 1. The van der Waals surface area contributed by atoms with Crippen LogP contribution < -0.4 is 0 Å². The van der Waals surface area contributed by atoms with Gasteiger partial charge in [0.25, 0.3) is 0 Å². The molecule has 0 amide bonds. The molecule has 4 aliphatic carbocycles. The number of benzene rings is 1. The van der Waals surface area contributed by atoms with Crippen molar-refractivity contribution >= 4 is 23.1 Å². The van der Waals surface area contributed by atoms with Crippen molar-refractivity contribution in [3.05, 3.63) is 40.4 Å². The first kappa shape index (κ1) is 13.4. The summed E-state index contributed by atoms with van der Waals surface area (Å²) in [6.07, 6.45) is 6.15. The number of halogens is 1. The molecule has 4 bridgehead atoms. The lowest BCUT2D eigenvalue weighted by atomic mass is 9.53. The van der Waals surface area contributed by atoms with E-state index >= 15 is 0 Å². The molecule has 0 heterocycles. The maximum atomic E-state index is 11.9. The van der Waals surface area contributed by atoms with Crippen LogP contribution >= 0.6 is 11.6 Å². The van der Waals surface area contributed by atoms with Crippen LogP contribution in [-0.4, -0.2) is 11.1 Å². The van der Waals surface area contributed by atoms with Crippen molar-refractivity contribution in [2.45, 2.75) is 32.1 Å². The summed E-state index contributed by atoms with van der Waals surface area (Å²) in [5, 5.41) is 10.4. The Balaban J connectivity index is 1.85. The number of allylic oxidation sites excluding steroid dienone is 1. The van der Waals surface area contributed by atoms with Gasteiger partial charge >= 0.3 is 5.97 Å². The van der Waals surface area contributed by atoms with Crippen molar-refractivity contribution < 1.29 is 9.90 Å². The lowest BCUT2D eigenvalue weighted by Crippen LogP contribution is -2.41. The highest BCUT2D eigenvalue weighted by Crippen LogP contribution is 2.57. The monoisotopic (exact) mass is 302 g/mol. The minimum Gasteiger partial charge on any atom is -0.478 e. The van der Waals surface area contributed by atoms with Gasteiger partial charge in [-0.15, -0.1) is 0 Å². The van der Waals surface area contributed by atoms with Gasteiger partial charge in [0.05, 0.1) is 5.57 Å². The average Bonchev–Trinajstić information content (AvgIpc) is 2.41. The second-order valence-corrected chi connectivity index (χ2v) is 7.39. The van der Waals surface area contributed by atoms with E-state index in [1.54, 1.807) is 12.1 Å². The van der Waals surface area contributed by atoms with Crippen LogP contribution in [0.2, 0.25) is 5.02 Å². The Morgan fingerprint density at radius 1 is 1.05 bits per heavy atom. The summed E-state index contributed by atoms with van der Waals surface area (Å²) in [4.78, 5) is 11.9. The van der Waals surface area contributed by atoms with E-state index in [-0.39, 0.29) is 0 Å². The summed E-state index contributed by atoms with van der Waals surface area (Å²) in [6.45, 7) is 0. The van der Waals surface area contributed by atoms with E-state index in [1.165, 1.54) is 37.7 Å². The minimum absolute atomic E-state index is 0.492. The lowest BCUT2D eigenvalue weighted by Gasteiger charge is -2.52. The Morgan fingerprint density at radius 2 is 1.67 bits per heavy atom. The normalized spacial score (nSPS) is 33.3. The predicted molar refractivity (Wildman–Crippen MR) is 83.1 cm³/mol. The molecule has 1 aromatic rings. The van der Waals surface area contributed by atoms with E-state index in [4.69, 9.17) is 11.6 Å². The highest BCUT2D eigenvalue weighted by Gasteiger charge is 2.46. The molecule has 0 aliphatic heterocycles. The molecule has 4 saturated carbocycles. The Hall–Kier alpha value is -1.28. The summed E-state index contributed by atoms with van der Waals surface area (Å²) >= 11 is 6.07. The fourth-order valence-electron chi connectivity index (χ4n) is 5.16. The summed E-state index contributed by atoms with van der Waals surface area (Å²) in [6, 6.07) is 7.32. The summed E-state index contributed by atoms with van der Waals surface area (Å²) < 4.78 is 0. The molecule has 0 saturated heterocycles. The molecule has 0 radical (unpaired) electrons. The standard InChI is InChI=1S/C18H19ClO2/c19-15-3-1-2-12(9-15)17(18(20)21)16-13-5-10-4-11(7-13)8-14(16)6-10/h1-3,9-11,13-14H,4-8H2,(H,20,21). The number of aliphatic carboxylic acids is 1. The number of rotatable bonds is 2. The Labute approximate surface area is 129 Å². The van der Waals surface area contributed by atoms with E-state index in [2.05, 4.69) is 0 Å². The van der Waals surface area contributed by atoms with Crippen LogP contribution in [0.4, 0.5) is 0 Å². The first-order valence-electron chi connectivity index (χ1n) is 7.85. The Kier molecular flexibility index (Phi) is 3.11. The SMILES string of the molecule is O=C(O)C(=C1C2CC3CC(C2)CC1C3)c1cccc(Cl)c1. The molecular formula is C18H19ClO2. The van der Waals surface area contributed by atoms with E-state index in [1.807, 2.05) is 12.1 Å². The molecular weight excluding hydrogens is 284 g/mol. The van der Waals surface area contributed by atoms with Gasteiger partial charge in [0.1, 0.15) is 0 Å². The third-order valence-electron chi connectivity index (χ3n) is 5.63. The average molecular weight is 303 g/mol. The van der Waals surface area contributed by atoms with Gasteiger partial charge in [-0.05, 0) is 79.0 Å². The fraction of sp³-hybridized carbons (Fsp3) is 0.500. The fourth-order valence-corrected chi connectivity index (χ4v) is 5.35. The molecule has 4 aliphatic rings. The van der Waals surface area contributed by atoms with E-state index in [9.17, 15) is 9.90 Å². The van der Waals surface area contributed by atoms with Gasteiger partial charge in [-0.2, -0.15) is 0 Å². The molecule has 110 valence electrons. The third-order valence-corrected chi connectivity index (χ3v) is 5.87. The zero-order valence-electron chi connectivity index (χ0n) is 11.9. The van der Waals surface area contributed by atoms with E-state index in [0.29, 0.717) is 22.4 Å². The van der Waals surface area contributed by atoms with Gasteiger partial charge in [0.15, 0.2) is 0 Å². The Morgan fingerprint density at radius 3 is 2.19 bits per heavy atom. The molecule has 0 atom stereocenters. The second kappa shape index (κ2) is 4.88. The van der Waals surface area contributed by atoms with Crippen molar-refractivity contribution in [2.75, 3.05) is 0 Å². The van der Waals surface area contributed by atoms with E-state index < -0.39 is 5.97 Å². The van der Waals surface area contributed by atoms with Gasteiger partial charge in [0.2, 0.25) is 0 Å². The largest absolute Gasteiger partial charge is 0.478 e. The third kappa shape index (κ3) is 2.20. The predicted octanol–water partition coefficient (Wildman–Crippen LogP) is 4.63. The van der Waals surface area contributed by atoms with Crippen molar-refractivity contribution in [1.82, 2.24) is 0 Å². The van der Waals surface area contributed by atoms with Gasteiger partial charge in [-0.1, -0.05) is 23.7 Å². The summed E-state index contributed by atoms with van der Waals surface area (Å²) in [7, 11) is 0. The van der Waals surface area contributed by atoms with Crippen LogP contribution in [0.3, 0.4) is 0 Å². The highest BCUT2D eigenvalue weighted by molar-refractivity contribution is 6.31. The Bertz CT molecular complexity index is 602. The van der Waals surface area contributed by atoms with Crippen LogP contribution in [0.15, 0.2) is 29.8 Å². The number of carbonyl (C=O) groups is 1. The first-order chi connectivity index (χ1) is 10.1. The first-order valence-corrected chi connectivity index (χ1v) is 8.23. The topological polar surface area (TPSA) is 37.3 Å². The van der Waals surface area contributed by atoms with Crippen LogP contribution in [-0.2, 0) is 4.79 Å². The molecule has 0 spiro atoms. The van der Waals surface area contributed by atoms with Crippen LogP contribution in [0.1, 0.15) is 37.7 Å². The van der Waals surface area contributed by atoms with Crippen molar-refractivity contribution in [2.24, 2.45) is 23.7 Å². The van der Waals surface area contributed by atoms with Gasteiger partial charge in [-0.25, -0.2) is 4.79 Å². The molecule has 1 N–H and O–H groups in total. The van der Waals surface area contributed by atoms with Crippen molar-refractivity contribution in [3.8, 4) is 0 Å².